The lowest BCUT2D eigenvalue weighted by molar-refractivity contribution is -0.137. The van der Waals surface area contributed by atoms with Crippen molar-refractivity contribution < 1.29 is 14.7 Å². The molecule has 0 atom stereocenters. The SMILES string of the molecule is O=C(O)CCCCCCn1cc(C(=O)Nc2ccccc2)cc1-c1ccccc1. The molecule has 0 fully saturated rings. The summed E-state index contributed by atoms with van der Waals surface area (Å²) in [6.45, 7) is 0.788. The van der Waals surface area contributed by atoms with Gasteiger partial charge >= 0.3 is 5.97 Å². The minimum absolute atomic E-state index is 0.131. The van der Waals surface area contributed by atoms with E-state index in [9.17, 15) is 9.59 Å². The molecule has 5 heteroatoms. The average Bonchev–Trinajstić information content (AvgIpc) is 3.16. The van der Waals surface area contributed by atoms with Crippen LogP contribution in [0, 0.1) is 0 Å². The Morgan fingerprint density at radius 1 is 0.862 bits per heavy atom. The Morgan fingerprint density at radius 3 is 2.21 bits per heavy atom. The minimum Gasteiger partial charge on any atom is -0.481 e. The van der Waals surface area contributed by atoms with Gasteiger partial charge < -0.3 is 15.0 Å². The molecule has 29 heavy (non-hydrogen) atoms. The largest absolute Gasteiger partial charge is 0.481 e. The van der Waals surface area contributed by atoms with Crippen LogP contribution in [0.25, 0.3) is 11.3 Å². The van der Waals surface area contributed by atoms with Gasteiger partial charge in [0.15, 0.2) is 0 Å². The number of aryl methyl sites for hydroxylation is 1. The summed E-state index contributed by atoms with van der Waals surface area (Å²) in [5.41, 5.74) is 3.47. The smallest absolute Gasteiger partial charge is 0.303 e. The van der Waals surface area contributed by atoms with Gasteiger partial charge in [-0.15, -0.1) is 0 Å². The maximum atomic E-state index is 12.7. The van der Waals surface area contributed by atoms with Gasteiger partial charge in [-0.25, -0.2) is 0 Å². The van der Waals surface area contributed by atoms with E-state index >= 15 is 0 Å². The van der Waals surface area contributed by atoms with E-state index in [-0.39, 0.29) is 12.3 Å². The highest BCUT2D eigenvalue weighted by molar-refractivity contribution is 6.05. The number of carboxylic acids is 1. The van der Waals surface area contributed by atoms with Crippen molar-refractivity contribution in [3.05, 3.63) is 78.5 Å². The summed E-state index contributed by atoms with van der Waals surface area (Å²) in [5, 5.41) is 11.7. The number of rotatable bonds is 10. The predicted octanol–water partition coefficient (Wildman–Crippen LogP) is 5.44. The number of para-hydroxylation sites is 1. The number of nitrogens with one attached hydrogen (secondary N) is 1. The first kappa shape index (κ1) is 20.4. The average molecular weight is 390 g/mol. The van der Waals surface area contributed by atoms with Crippen molar-refractivity contribution in [3.8, 4) is 11.3 Å². The Labute approximate surface area is 171 Å². The summed E-state index contributed by atoms with van der Waals surface area (Å²) in [6, 6.07) is 21.4. The van der Waals surface area contributed by atoms with Crippen LogP contribution < -0.4 is 5.32 Å². The van der Waals surface area contributed by atoms with E-state index in [1.54, 1.807) is 0 Å². The van der Waals surface area contributed by atoms with Crippen LogP contribution in [0.15, 0.2) is 72.9 Å². The highest BCUT2D eigenvalue weighted by Gasteiger charge is 2.14. The standard InChI is InChI=1S/C24H26N2O3/c27-23(28)15-9-1-2-10-16-26-18-20(17-22(26)19-11-5-3-6-12-19)24(29)25-21-13-7-4-8-14-21/h3-8,11-14,17-18H,1-2,9-10,15-16H2,(H,25,29)(H,27,28). The number of carboxylic acid groups (broad SMARTS) is 1. The van der Waals surface area contributed by atoms with E-state index in [0.29, 0.717) is 12.0 Å². The topological polar surface area (TPSA) is 71.3 Å². The number of carbonyl (C=O) groups is 2. The summed E-state index contributed by atoms with van der Waals surface area (Å²) in [5.74, 6) is -0.871. The van der Waals surface area contributed by atoms with Crippen LogP contribution >= 0.6 is 0 Å². The van der Waals surface area contributed by atoms with Gasteiger partial charge in [0.05, 0.1) is 5.56 Å². The molecule has 0 saturated heterocycles. The highest BCUT2D eigenvalue weighted by atomic mass is 16.4. The maximum Gasteiger partial charge on any atom is 0.303 e. The van der Waals surface area contributed by atoms with Gasteiger partial charge in [0.25, 0.3) is 5.91 Å². The molecule has 1 heterocycles. The summed E-state index contributed by atoms with van der Waals surface area (Å²) in [6.07, 6.45) is 5.63. The van der Waals surface area contributed by atoms with Crippen LogP contribution in [0.2, 0.25) is 0 Å². The highest BCUT2D eigenvalue weighted by Crippen LogP contribution is 2.24. The Bertz CT molecular complexity index is 933. The number of hydrogen-bond acceptors (Lipinski definition) is 2. The van der Waals surface area contributed by atoms with Gasteiger partial charge in [-0.1, -0.05) is 61.4 Å². The molecule has 0 aliphatic heterocycles. The van der Waals surface area contributed by atoms with Crippen molar-refractivity contribution in [3.63, 3.8) is 0 Å². The Balaban J connectivity index is 1.70. The third-order valence-corrected chi connectivity index (χ3v) is 4.80. The summed E-state index contributed by atoms with van der Waals surface area (Å²) in [7, 11) is 0. The number of aliphatic carboxylic acids is 1. The molecule has 0 bridgehead atoms. The summed E-state index contributed by atoms with van der Waals surface area (Å²) in [4.78, 5) is 23.3. The normalized spacial score (nSPS) is 10.6. The first-order chi connectivity index (χ1) is 14.1. The number of amides is 1. The quantitative estimate of drug-likeness (QED) is 0.453. The molecular formula is C24H26N2O3. The van der Waals surface area contributed by atoms with Crippen LogP contribution in [-0.2, 0) is 11.3 Å². The van der Waals surface area contributed by atoms with Crippen LogP contribution in [0.1, 0.15) is 42.5 Å². The molecule has 150 valence electrons. The maximum absolute atomic E-state index is 12.7. The van der Waals surface area contributed by atoms with E-state index in [4.69, 9.17) is 5.11 Å². The van der Waals surface area contributed by atoms with Crippen LogP contribution in [0.5, 0.6) is 0 Å². The summed E-state index contributed by atoms with van der Waals surface area (Å²) >= 11 is 0. The van der Waals surface area contributed by atoms with Gasteiger partial charge in [-0.2, -0.15) is 0 Å². The summed E-state index contributed by atoms with van der Waals surface area (Å²) < 4.78 is 2.12. The fraction of sp³-hybridized carbons (Fsp3) is 0.250. The molecule has 0 unspecified atom stereocenters. The molecule has 1 amide bonds. The predicted molar refractivity (Wildman–Crippen MR) is 115 cm³/mol. The molecule has 3 aromatic rings. The number of nitrogens with zero attached hydrogens (tertiary/aromatic N) is 1. The van der Waals surface area contributed by atoms with Gasteiger partial charge in [0.1, 0.15) is 0 Å². The Hall–Kier alpha value is -3.34. The molecule has 0 saturated carbocycles. The molecule has 3 rings (SSSR count). The fourth-order valence-electron chi connectivity index (χ4n) is 3.31. The van der Waals surface area contributed by atoms with Crippen molar-refractivity contribution in [2.24, 2.45) is 0 Å². The van der Waals surface area contributed by atoms with Crippen molar-refractivity contribution in [1.82, 2.24) is 4.57 Å². The zero-order valence-corrected chi connectivity index (χ0v) is 16.4. The molecule has 0 aliphatic rings. The van der Waals surface area contributed by atoms with E-state index < -0.39 is 5.97 Å². The second kappa shape index (κ2) is 10.3. The van der Waals surface area contributed by atoms with E-state index in [1.807, 2.05) is 72.9 Å². The van der Waals surface area contributed by atoms with Crippen molar-refractivity contribution in [1.29, 1.82) is 0 Å². The van der Waals surface area contributed by atoms with Gasteiger partial charge in [0.2, 0.25) is 0 Å². The Morgan fingerprint density at radius 2 is 1.52 bits per heavy atom. The van der Waals surface area contributed by atoms with Gasteiger partial charge in [-0.05, 0) is 36.6 Å². The second-order valence-corrected chi connectivity index (χ2v) is 7.05. The van der Waals surface area contributed by atoms with Crippen molar-refractivity contribution in [2.45, 2.75) is 38.6 Å². The molecule has 5 nitrogen and oxygen atoms in total. The molecule has 0 aliphatic carbocycles. The van der Waals surface area contributed by atoms with E-state index in [0.717, 1.165) is 42.8 Å². The number of hydrogen-bond donors (Lipinski definition) is 2. The molecule has 2 aromatic carbocycles. The van der Waals surface area contributed by atoms with Crippen molar-refractivity contribution in [2.75, 3.05) is 5.32 Å². The van der Waals surface area contributed by atoms with Crippen LogP contribution in [0.3, 0.4) is 0 Å². The number of aromatic nitrogens is 1. The van der Waals surface area contributed by atoms with Crippen LogP contribution in [0.4, 0.5) is 5.69 Å². The lowest BCUT2D eigenvalue weighted by Crippen LogP contribution is -2.10. The lowest BCUT2D eigenvalue weighted by atomic mass is 10.1. The third-order valence-electron chi connectivity index (χ3n) is 4.80. The number of unbranched alkanes of at least 4 members (excludes halogenated alkanes) is 3. The lowest BCUT2D eigenvalue weighted by Gasteiger charge is -2.09. The first-order valence-electron chi connectivity index (χ1n) is 9.97. The molecule has 0 spiro atoms. The monoisotopic (exact) mass is 390 g/mol. The Kier molecular flexibility index (Phi) is 7.22. The zero-order chi connectivity index (χ0) is 20.5. The molecular weight excluding hydrogens is 364 g/mol. The van der Waals surface area contributed by atoms with Gasteiger partial charge in [0, 0.05) is 30.5 Å². The zero-order valence-electron chi connectivity index (χ0n) is 16.4. The number of anilines is 1. The first-order valence-corrected chi connectivity index (χ1v) is 9.97. The molecule has 0 radical (unpaired) electrons. The van der Waals surface area contributed by atoms with Gasteiger partial charge in [-0.3, -0.25) is 9.59 Å². The molecule has 1 aromatic heterocycles. The van der Waals surface area contributed by atoms with E-state index in [1.165, 1.54) is 0 Å². The van der Waals surface area contributed by atoms with Crippen LogP contribution in [-0.4, -0.2) is 21.6 Å². The van der Waals surface area contributed by atoms with Crippen molar-refractivity contribution >= 4 is 17.6 Å². The number of benzene rings is 2. The molecule has 2 N–H and O–H groups in total. The van der Waals surface area contributed by atoms with E-state index in [2.05, 4.69) is 9.88 Å². The fourth-order valence-corrected chi connectivity index (χ4v) is 3.31. The second-order valence-electron chi connectivity index (χ2n) is 7.05. The number of carbonyl (C=O) groups excluding carboxylic acids is 1. The minimum atomic E-state index is -0.740. The third kappa shape index (κ3) is 6.07.